The smallest absolute Gasteiger partial charge is 0.191 e. The molecule has 0 aliphatic carbocycles. The highest BCUT2D eigenvalue weighted by Gasteiger charge is 2.20. The third kappa shape index (κ3) is 6.67. The van der Waals surface area contributed by atoms with E-state index in [1.165, 1.54) is 5.00 Å². The van der Waals surface area contributed by atoms with Crippen molar-refractivity contribution in [1.29, 1.82) is 0 Å². The van der Waals surface area contributed by atoms with Crippen LogP contribution in [0.1, 0.15) is 19.8 Å². The molecule has 0 radical (unpaired) electrons. The summed E-state index contributed by atoms with van der Waals surface area (Å²) in [6.45, 7) is 7.68. The van der Waals surface area contributed by atoms with Crippen LogP contribution in [0, 0.1) is 0 Å². The zero-order chi connectivity index (χ0) is 17.0. The number of aliphatic imine (C=N–C) groups is 1. The molecule has 1 aliphatic rings. The first-order valence-electron chi connectivity index (χ1n) is 8.73. The molecule has 2 heterocycles. The van der Waals surface area contributed by atoms with E-state index in [-0.39, 0.29) is 0 Å². The minimum Gasteiger partial charge on any atom is -0.382 e. The summed E-state index contributed by atoms with van der Waals surface area (Å²) in [6, 6.07) is 4.80. The van der Waals surface area contributed by atoms with E-state index in [0.717, 1.165) is 38.4 Å². The lowest BCUT2D eigenvalue weighted by molar-refractivity contribution is 0.0748. The number of guanidine groups is 1. The van der Waals surface area contributed by atoms with Gasteiger partial charge in [-0.15, -0.1) is 11.3 Å². The minimum atomic E-state index is 0.480. The number of nitrogens with one attached hydrogen (secondary N) is 2. The number of methoxy groups -OCH3 is 1. The van der Waals surface area contributed by atoms with Crippen molar-refractivity contribution in [3.8, 4) is 0 Å². The fourth-order valence-corrected chi connectivity index (χ4v) is 3.46. The van der Waals surface area contributed by atoms with Gasteiger partial charge in [-0.3, -0.25) is 4.99 Å². The van der Waals surface area contributed by atoms with Gasteiger partial charge in [-0.1, -0.05) is 0 Å². The monoisotopic (exact) mass is 354 g/mol. The summed E-state index contributed by atoms with van der Waals surface area (Å²) in [5, 5.41) is 10.4. The van der Waals surface area contributed by atoms with E-state index in [1.807, 2.05) is 11.3 Å². The Morgan fingerprint density at radius 2 is 2.17 bits per heavy atom. The lowest BCUT2D eigenvalue weighted by atomic mass is 10.1. The Morgan fingerprint density at radius 1 is 1.33 bits per heavy atom. The average molecular weight is 355 g/mol. The highest BCUT2D eigenvalue weighted by Crippen LogP contribution is 2.24. The molecular formula is C17H30N4O2S. The van der Waals surface area contributed by atoms with Gasteiger partial charge in [0.2, 0.25) is 0 Å². The maximum atomic E-state index is 5.45. The molecule has 0 bridgehead atoms. The van der Waals surface area contributed by atoms with Crippen LogP contribution in [0.5, 0.6) is 0 Å². The highest BCUT2D eigenvalue weighted by molar-refractivity contribution is 7.14. The van der Waals surface area contributed by atoms with Gasteiger partial charge in [-0.2, -0.15) is 0 Å². The second-order valence-corrected chi connectivity index (χ2v) is 6.65. The molecule has 0 saturated carbocycles. The molecule has 0 amide bonds. The molecule has 1 aliphatic heterocycles. The third-order valence-corrected chi connectivity index (χ3v) is 4.86. The number of hydrogen-bond acceptors (Lipinski definition) is 5. The quantitative estimate of drug-likeness (QED) is 0.403. The van der Waals surface area contributed by atoms with Crippen molar-refractivity contribution < 1.29 is 9.47 Å². The van der Waals surface area contributed by atoms with Gasteiger partial charge >= 0.3 is 0 Å². The lowest BCUT2D eigenvalue weighted by Gasteiger charge is -2.33. The second kappa shape index (κ2) is 11.3. The fourth-order valence-electron chi connectivity index (χ4n) is 2.67. The third-order valence-electron chi connectivity index (χ3n) is 3.94. The van der Waals surface area contributed by atoms with E-state index in [2.05, 4.69) is 45.0 Å². The number of ether oxygens (including phenoxy) is 2. The average Bonchev–Trinajstić information content (AvgIpc) is 3.13. The SMILES string of the molecule is CCNC(=NCCOCCOC)NC1CCN(c2cccs2)CC1. The van der Waals surface area contributed by atoms with Crippen LogP contribution < -0.4 is 15.5 Å². The van der Waals surface area contributed by atoms with Gasteiger partial charge in [0.15, 0.2) is 5.96 Å². The number of thiophene rings is 1. The molecule has 7 heteroatoms. The van der Waals surface area contributed by atoms with E-state index in [9.17, 15) is 0 Å². The normalized spacial score (nSPS) is 16.4. The first kappa shape index (κ1) is 19.0. The Balaban J connectivity index is 1.70. The molecule has 6 nitrogen and oxygen atoms in total. The van der Waals surface area contributed by atoms with Crippen molar-refractivity contribution in [1.82, 2.24) is 10.6 Å². The number of hydrogen-bond donors (Lipinski definition) is 2. The predicted octanol–water partition coefficient (Wildman–Crippen LogP) is 1.94. The molecule has 1 aromatic rings. The molecule has 1 aromatic heterocycles. The van der Waals surface area contributed by atoms with Gasteiger partial charge in [0.25, 0.3) is 0 Å². The first-order chi connectivity index (χ1) is 11.8. The van der Waals surface area contributed by atoms with Crippen LogP contribution in [0.4, 0.5) is 5.00 Å². The summed E-state index contributed by atoms with van der Waals surface area (Å²) >= 11 is 1.82. The molecule has 0 aromatic carbocycles. The summed E-state index contributed by atoms with van der Waals surface area (Å²) in [5.74, 6) is 0.891. The van der Waals surface area contributed by atoms with Crippen LogP contribution in [0.3, 0.4) is 0 Å². The number of anilines is 1. The molecule has 1 fully saturated rings. The van der Waals surface area contributed by atoms with Crippen LogP contribution in [0.15, 0.2) is 22.5 Å². The van der Waals surface area contributed by atoms with Gasteiger partial charge < -0.3 is 25.0 Å². The largest absolute Gasteiger partial charge is 0.382 e. The molecule has 0 unspecified atom stereocenters. The lowest BCUT2D eigenvalue weighted by Crippen LogP contribution is -2.48. The van der Waals surface area contributed by atoms with Crippen LogP contribution in [0.25, 0.3) is 0 Å². The van der Waals surface area contributed by atoms with Gasteiger partial charge in [-0.25, -0.2) is 0 Å². The fraction of sp³-hybridized carbons (Fsp3) is 0.706. The van der Waals surface area contributed by atoms with Crippen molar-refractivity contribution in [2.75, 3.05) is 58.0 Å². The first-order valence-corrected chi connectivity index (χ1v) is 9.61. The van der Waals surface area contributed by atoms with Crippen LogP contribution in [0.2, 0.25) is 0 Å². The summed E-state index contributed by atoms with van der Waals surface area (Å²) in [7, 11) is 1.68. The van der Waals surface area contributed by atoms with Gasteiger partial charge in [0, 0.05) is 32.8 Å². The van der Waals surface area contributed by atoms with Crippen molar-refractivity contribution in [3.63, 3.8) is 0 Å². The molecule has 1 saturated heterocycles. The van der Waals surface area contributed by atoms with E-state index in [1.54, 1.807) is 7.11 Å². The molecule has 136 valence electrons. The van der Waals surface area contributed by atoms with Crippen LogP contribution in [-0.4, -0.2) is 65.1 Å². The summed E-state index contributed by atoms with van der Waals surface area (Å²) in [4.78, 5) is 7.06. The molecule has 2 rings (SSSR count). The standard InChI is InChI=1S/C17H30N4O2S/c1-3-18-17(19-8-11-23-13-12-22-2)20-15-6-9-21(10-7-15)16-5-4-14-24-16/h4-5,14-15H,3,6-13H2,1-2H3,(H2,18,19,20). The predicted molar refractivity (Wildman–Crippen MR) is 101 cm³/mol. The van der Waals surface area contributed by atoms with Gasteiger partial charge in [0.1, 0.15) is 0 Å². The van der Waals surface area contributed by atoms with Crippen molar-refractivity contribution in [2.24, 2.45) is 4.99 Å². The van der Waals surface area contributed by atoms with Gasteiger partial charge in [-0.05, 0) is 37.3 Å². The Labute approximate surface area is 149 Å². The maximum Gasteiger partial charge on any atom is 0.191 e. The van der Waals surface area contributed by atoms with Gasteiger partial charge in [0.05, 0.1) is 31.4 Å². The Hall–Kier alpha value is -1.31. The van der Waals surface area contributed by atoms with E-state index in [0.29, 0.717) is 32.4 Å². The van der Waals surface area contributed by atoms with Crippen molar-refractivity contribution >= 4 is 22.3 Å². The molecular weight excluding hydrogens is 324 g/mol. The number of rotatable bonds is 9. The summed E-state index contributed by atoms with van der Waals surface area (Å²) < 4.78 is 10.4. The van der Waals surface area contributed by atoms with Crippen molar-refractivity contribution in [2.45, 2.75) is 25.8 Å². The minimum absolute atomic E-state index is 0.480. The van der Waals surface area contributed by atoms with E-state index >= 15 is 0 Å². The summed E-state index contributed by atoms with van der Waals surface area (Å²) in [6.07, 6.45) is 2.26. The zero-order valence-corrected chi connectivity index (χ0v) is 15.6. The maximum absolute atomic E-state index is 5.45. The van der Waals surface area contributed by atoms with Crippen LogP contribution in [-0.2, 0) is 9.47 Å². The van der Waals surface area contributed by atoms with E-state index < -0.39 is 0 Å². The molecule has 0 atom stereocenters. The summed E-state index contributed by atoms with van der Waals surface area (Å²) in [5.41, 5.74) is 0. The Morgan fingerprint density at radius 3 is 2.83 bits per heavy atom. The van der Waals surface area contributed by atoms with Crippen molar-refractivity contribution in [3.05, 3.63) is 17.5 Å². The van der Waals surface area contributed by atoms with E-state index in [4.69, 9.17) is 9.47 Å². The molecule has 2 N–H and O–H groups in total. The molecule has 0 spiro atoms. The Kier molecular flexibility index (Phi) is 8.94. The number of piperidine rings is 1. The Bertz CT molecular complexity index is 459. The highest BCUT2D eigenvalue weighted by atomic mass is 32.1. The second-order valence-electron chi connectivity index (χ2n) is 5.72. The zero-order valence-electron chi connectivity index (χ0n) is 14.8. The number of nitrogens with zero attached hydrogens (tertiary/aromatic N) is 2. The van der Waals surface area contributed by atoms with Crippen LogP contribution >= 0.6 is 11.3 Å². The topological polar surface area (TPSA) is 58.1 Å². The molecule has 24 heavy (non-hydrogen) atoms.